The van der Waals surface area contributed by atoms with Gasteiger partial charge in [-0.15, -0.1) is 0 Å². The molecule has 2 aliphatic rings. The molecule has 462 valence electrons. The third-order valence-corrected chi connectivity index (χ3v) is 15.4. The number of hydroxylamine groups is 8. The van der Waals surface area contributed by atoms with E-state index in [1.165, 1.54) is 102 Å². The molecule has 2 fully saturated rings. The summed E-state index contributed by atoms with van der Waals surface area (Å²) in [5, 5.41) is 4.87. The number of hydrogen-bond donors (Lipinski definition) is 3. The summed E-state index contributed by atoms with van der Waals surface area (Å²) in [6.07, 6.45) is 24.5. The summed E-state index contributed by atoms with van der Waals surface area (Å²) in [5.41, 5.74) is 0. The van der Waals surface area contributed by atoms with Crippen LogP contribution in [0.15, 0.2) is 50.6 Å². The van der Waals surface area contributed by atoms with E-state index in [9.17, 15) is 47.6 Å². The zero-order valence-corrected chi connectivity index (χ0v) is 50.0. The van der Waals surface area contributed by atoms with Gasteiger partial charge in [0.2, 0.25) is 0 Å². The molecule has 0 aromatic carbocycles. The van der Waals surface area contributed by atoms with Crippen molar-refractivity contribution in [1.29, 1.82) is 0 Å². The number of unbranched alkanes of at least 4 members (excludes halogenated alkanes) is 13. The molecule has 24 heteroatoms. The maximum atomic E-state index is 12.7. The molecule has 80 heavy (non-hydrogen) atoms. The van der Waals surface area contributed by atoms with E-state index in [2.05, 4.69) is 26.3 Å². The standard InChI is InChI=1S/C20H33N2O9P.C18H33NO3.C17H30NO6P.CH4/c1-5-18(23)21(29-3)16-12-15(13-17(14-16)22(30-4)19(24)6-2)20(25)31-10-8-7-9-11-32(26,27)28;1-4-18(21)19(22-3)16-14-12-10-8-6-5-7-9-11-13-15-17(2)20;1-4-16(19)18(23-2)15-10-8-9-14(13-15)17(20)24-11-6-5-7-12-25(3,21)22;/h5-6,15-17H,1-2,7-14H2,3-4H3,(H2,26,27,28);4H,1,5-16H2,2-3H3;4,14-15H,1,5-13H2,2-3H3,(H,21,22);1H4. The third-order valence-electron chi connectivity index (χ3n) is 13.3. The predicted molar refractivity (Wildman–Crippen MR) is 307 cm³/mol. The van der Waals surface area contributed by atoms with Crippen LogP contribution in [0.4, 0.5) is 0 Å². The number of Topliss-reactive ketones (excluding diaryl/α,β-unsaturated/α-hetero) is 1. The first-order valence-corrected chi connectivity index (χ1v) is 31.7. The summed E-state index contributed by atoms with van der Waals surface area (Å²) >= 11 is 0. The molecular weight excluding hydrogens is 1080 g/mol. The second kappa shape index (κ2) is 45.2. The van der Waals surface area contributed by atoms with E-state index in [4.69, 9.17) is 38.6 Å². The third kappa shape index (κ3) is 35.5. The van der Waals surface area contributed by atoms with Crippen LogP contribution >= 0.6 is 15.0 Å². The fourth-order valence-corrected chi connectivity index (χ4v) is 10.7. The lowest BCUT2D eigenvalue weighted by atomic mass is 9.82. The highest BCUT2D eigenvalue weighted by Crippen LogP contribution is 2.37. The van der Waals surface area contributed by atoms with Crippen molar-refractivity contribution in [1.82, 2.24) is 20.3 Å². The van der Waals surface area contributed by atoms with Gasteiger partial charge in [-0.1, -0.05) is 91.5 Å². The van der Waals surface area contributed by atoms with E-state index in [-0.39, 0.29) is 62.8 Å². The van der Waals surface area contributed by atoms with Gasteiger partial charge in [-0.2, -0.15) is 0 Å². The Hall–Kier alpha value is -4.37. The van der Waals surface area contributed by atoms with Gasteiger partial charge in [0.25, 0.3) is 23.6 Å². The fourth-order valence-electron chi connectivity index (χ4n) is 9.25. The number of carbonyl (C=O) groups excluding carboxylic acids is 7. The minimum absolute atomic E-state index is 0. The van der Waals surface area contributed by atoms with Crippen LogP contribution in [0.25, 0.3) is 0 Å². The smallest absolute Gasteiger partial charge is 0.325 e. The van der Waals surface area contributed by atoms with E-state index in [1.54, 1.807) is 6.92 Å². The van der Waals surface area contributed by atoms with Crippen molar-refractivity contribution < 1.29 is 86.2 Å². The van der Waals surface area contributed by atoms with Crippen molar-refractivity contribution in [2.75, 3.05) is 67.2 Å². The van der Waals surface area contributed by atoms with Crippen LogP contribution in [-0.4, -0.2) is 162 Å². The van der Waals surface area contributed by atoms with Crippen LogP contribution in [0.1, 0.15) is 168 Å². The molecule has 0 aliphatic heterocycles. The Morgan fingerprint density at radius 3 is 1.29 bits per heavy atom. The molecule has 0 spiro atoms. The number of nitrogens with zero attached hydrogens (tertiary/aromatic N) is 4. The first kappa shape index (κ1) is 77.7. The molecule has 0 bridgehead atoms. The molecule has 0 heterocycles. The molecule has 0 aromatic rings. The molecule has 4 amide bonds. The number of esters is 2. The van der Waals surface area contributed by atoms with Gasteiger partial charge in [-0.25, -0.2) is 20.3 Å². The molecule has 5 atom stereocenters. The number of amides is 4. The molecule has 2 rings (SSSR count). The van der Waals surface area contributed by atoms with Crippen LogP contribution in [-0.2, 0) is 71.5 Å². The molecule has 0 aromatic heterocycles. The van der Waals surface area contributed by atoms with Gasteiger partial charge in [0.15, 0.2) is 7.37 Å². The van der Waals surface area contributed by atoms with E-state index in [0.717, 1.165) is 73.6 Å². The van der Waals surface area contributed by atoms with E-state index in [1.807, 2.05) is 0 Å². The Balaban J connectivity index is 0. The van der Waals surface area contributed by atoms with E-state index >= 15 is 0 Å². The van der Waals surface area contributed by atoms with Gasteiger partial charge in [-0.05, 0) is 121 Å². The quantitative estimate of drug-likeness (QED) is 0.0171. The molecular formula is C56H100N4O18P2. The Labute approximate surface area is 477 Å². The highest BCUT2D eigenvalue weighted by atomic mass is 31.2. The Morgan fingerprint density at radius 2 is 0.887 bits per heavy atom. The van der Waals surface area contributed by atoms with E-state index in [0.29, 0.717) is 70.0 Å². The van der Waals surface area contributed by atoms with Crippen LogP contribution in [0.5, 0.6) is 0 Å². The van der Waals surface area contributed by atoms with Gasteiger partial charge >= 0.3 is 19.5 Å². The summed E-state index contributed by atoms with van der Waals surface area (Å²) in [7, 11) is -1.36. The highest BCUT2D eigenvalue weighted by Gasteiger charge is 2.41. The van der Waals surface area contributed by atoms with E-state index < -0.39 is 50.7 Å². The SMILES string of the molecule is C.C=CC(=O)N(CCCCCCCCCCCCC(C)=O)OC.C=CC(=O)N(OC)C1CC(C(=O)OCCCCCP(=O)(O)O)CC(N(OC)C(=O)C=C)C1.C=CC(=O)N(OC)C1CCCC(C(=O)OCCCCCP(C)(=O)O)C1. The normalized spacial score (nSPS) is 18.3. The summed E-state index contributed by atoms with van der Waals surface area (Å²) in [6, 6.07) is -1.20. The Kier molecular flexibility index (Phi) is 43.9. The van der Waals surface area contributed by atoms with Crippen LogP contribution in [0.2, 0.25) is 0 Å². The highest BCUT2D eigenvalue weighted by molar-refractivity contribution is 7.57. The average molecular weight is 1180 g/mol. The number of hydrogen-bond acceptors (Lipinski definition) is 15. The second-order valence-corrected chi connectivity index (χ2v) is 24.1. The Morgan fingerprint density at radius 1 is 0.500 bits per heavy atom. The van der Waals surface area contributed by atoms with Gasteiger partial charge < -0.3 is 28.9 Å². The van der Waals surface area contributed by atoms with Gasteiger partial charge in [0.1, 0.15) is 5.78 Å². The molecule has 3 N–H and O–H groups in total. The summed E-state index contributed by atoms with van der Waals surface area (Å²) in [5.74, 6) is -2.72. The van der Waals surface area contributed by atoms with Crippen molar-refractivity contribution >= 4 is 56.3 Å². The molecule has 2 saturated carbocycles. The Bertz CT molecular complexity index is 1930. The molecule has 2 aliphatic carbocycles. The monoisotopic (exact) mass is 1180 g/mol. The van der Waals surface area contributed by atoms with Crippen LogP contribution < -0.4 is 0 Å². The van der Waals surface area contributed by atoms with Crippen molar-refractivity contribution in [3.63, 3.8) is 0 Å². The maximum absolute atomic E-state index is 12.7. The minimum atomic E-state index is -4.03. The zero-order chi connectivity index (χ0) is 59.8. The largest absolute Gasteiger partial charge is 0.465 e. The summed E-state index contributed by atoms with van der Waals surface area (Å²) in [4.78, 5) is 131. The van der Waals surface area contributed by atoms with Crippen molar-refractivity contribution in [3.05, 3.63) is 50.6 Å². The van der Waals surface area contributed by atoms with Gasteiger partial charge in [-0.3, -0.25) is 57.2 Å². The summed E-state index contributed by atoms with van der Waals surface area (Å²) < 4.78 is 32.7. The minimum Gasteiger partial charge on any atom is -0.465 e. The van der Waals surface area contributed by atoms with Gasteiger partial charge in [0, 0.05) is 32.0 Å². The number of carbonyl (C=O) groups is 7. The molecule has 0 saturated heterocycles. The lowest BCUT2D eigenvalue weighted by Crippen LogP contribution is -2.51. The second-order valence-electron chi connectivity index (χ2n) is 19.8. The number of ketones is 1. The predicted octanol–water partition coefficient (Wildman–Crippen LogP) is 9.38. The van der Waals surface area contributed by atoms with Crippen LogP contribution in [0, 0.1) is 11.8 Å². The number of ether oxygens (including phenoxy) is 2. The van der Waals surface area contributed by atoms with Crippen molar-refractivity contribution in [2.45, 2.75) is 187 Å². The maximum Gasteiger partial charge on any atom is 0.325 e. The summed E-state index contributed by atoms with van der Waals surface area (Å²) in [6.45, 7) is 17.9. The lowest BCUT2D eigenvalue weighted by Gasteiger charge is -2.41. The van der Waals surface area contributed by atoms with Gasteiger partial charge in [0.05, 0.1) is 71.6 Å². The van der Waals surface area contributed by atoms with Crippen LogP contribution in [0.3, 0.4) is 0 Å². The number of rotatable bonds is 38. The van der Waals surface area contributed by atoms with Crippen molar-refractivity contribution in [3.8, 4) is 0 Å². The topological polar surface area (TPSA) is 283 Å². The first-order chi connectivity index (χ1) is 37.5. The lowest BCUT2D eigenvalue weighted by molar-refractivity contribution is -0.209. The average Bonchev–Trinajstić information content (AvgIpc) is 3.41. The molecule has 5 unspecified atom stereocenters. The zero-order valence-electron chi connectivity index (χ0n) is 48.2. The fraction of sp³-hybridized carbons (Fsp3) is 0.732. The molecule has 0 radical (unpaired) electrons. The molecule has 22 nitrogen and oxygen atoms in total. The first-order valence-electron chi connectivity index (χ1n) is 27.6. The van der Waals surface area contributed by atoms with Crippen molar-refractivity contribution in [2.24, 2.45) is 11.8 Å².